The van der Waals surface area contributed by atoms with E-state index in [0.29, 0.717) is 48.1 Å². The van der Waals surface area contributed by atoms with Crippen LogP contribution in [0.25, 0.3) is 21.8 Å². The van der Waals surface area contributed by atoms with Gasteiger partial charge >= 0.3 is 6.18 Å². The topological polar surface area (TPSA) is 89.2 Å². The third-order valence-corrected chi connectivity index (χ3v) is 8.09. The molecule has 4 heterocycles. The van der Waals surface area contributed by atoms with Crippen molar-refractivity contribution < 1.29 is 27.2 Å². The van der Waals surface area contributed by atoms with Crippen LogP contribution in [0.1, 0.15) is 39.4 Å². The number of hydrogen-bond acceptors (Lipinski definition) is 5. The summed E-state index contributed by atoms with van der Waals surface area (Å²) in [6.07, 6.45) is -2.41. The number of nitrogens with one attached hydrogen (secondary N) is 1. The number of halogens is 4. The summed E-state index contributed by atoms with van der Waals surface area (Å²) in [4.78, 5) is 45.6. The van der Waals surface area contributed by atoms with Crippen molar-refractivity contribution in [1.82, 2.24) is 19.4 Å². The highest BCUT2D eigenvalue weighted by Gasteiger charge is 2.33. The number of carbonyl (C=O) groups excluding carboxylic acids is 2. The van der Waals surface area contributed by atoms with Crippen LogP contribution in [0.2, 0.25) is 0 Å². The highest BCUT2D eigenvalue weighted by atomic mass is 19.4. The van der Waals surface area contributed by atoms with Crippen LogP contribution in [0.5, 0.6) is 0 Å². The molecule has 0 radical (unpaired) electrons. The first kappa shape index (κ1) is 29.1. The van der Waals surface area contributed by atoms with Crippen LogP contribution in [0.15, 0.2) is 77.7 Å². The molecule has 226 valence electrons. The van der Waals surface area contributed by atoms with Crippen LogP contribution >= 0.6 is 0 Å². The van der Waals surface area contributed by atoms with E-state index in [1.165, 1.54) is 28.4 Å². The molecule has 0 spiro atoms. The van der Waals surface area contributed by atoms with Crippen molar-refractivity contribution in [2.45, 2.75) is 31.6 Å². The first-order valence-corrected chi connectivity index (χ1v) is 14.0. The van der Waals surface area contributed by atoms with E-state index in [-0.39, 0.29) is 35.0 Å². The molecule has 1 amide bonds. The molecule has 1 aliphatic rings. The highest BCUT2D eigenvalue weighted by Crippen LogP contribution is 2.31. The maximum atomic E-state index is 16.0. The second kappa shape index (κ2) is 11.3. The summed E-state index contributed by atoms with van der Waals surface area (Å²) in [5.74, 6) is -1.97. The van der Waals surface area contributed by atoms with Crippen molar-refractivity contribution in [3.05, 3.63) is 106 Å². The summed E-state index contributed by atoms with van der Waals surface area (Å²) >= 11 is 0. The van der Waals surface area contributed by atoms with Crippen molar-refractivity contribution in [2.24, 2.45) is 7.05 Å². The van der Waals surface area contributed by atoms with Crippen molar-refractivity contribution >= 4 is 39.2 Å². The number of carbonyl (C=O) groups is 2. The monoisotopic (exact) mass is 605 g/mol. The Hall–Kier alpha value is -5.00. The molecule has 1 aliphatic heterocycles. The van der Waals surface area contributed by atoms with Gasteiger partial charge in [0.25, 0.3) is 11.5 Å². The van der Waals surface area contributed by atoms with Gasteiger partial charge in [-0.25, -0.2) is 9.37 Å². The number of aryl methyl sites for hydroxylation is 1. The van der Waals surface area contributed by atoms with E-state index in [1.807, 2.05) is 4.90 Å². The van der Waals surface area contributed by atoms with E-state index in [4.69, 9.17) is 0 Å². The predicted molar refractivity (Wildman–Crippen MR) is 157 cm³/mol. The molecule has 1 fully saturated rings. The summed E-state index contributed by atoms with van der Waals surface area (Å²) in [5.41, 5.74) is -0.345. The van der Waals surface area contributed by atoms with Gasteiger partial charge in [-0.05, 0) is 31.0 Å². The zero-order chi connectivity index (χ0) is 31.2. The molecule has 0 atom stereocenters. The van der Waals surface area contributed by atoms with Gasteiger partial charge in [0.2, 0.25) is 0 Å². The number of pyridine rings is 2. The third kappa shape index (κ3) is 5.20. The van der Waals surface area contributed by atoms with Gasteiger partial charge < -0.3 is 14.8 Å². The Kier molecular flexibility index (Phi) is 7.44. The Morgan fingerprint density at radius 2 is 1.66 bits per heavy atom. The van der Waals surface area contributed by atoms with Crippen LogP contribution in [-0.2, 0) is 19.8 Å². The van der Waals surface area contributed by atoms with E-state index in [0.717, 1.165) is 6.07 Å². The van der Waals surface area contributed by atoms with Gasteiger partial charge in [0, 0.05) is 37.1 Å². The lowest BCUT2D eigenvalue weighted by Crippen LogP contribution is -2.45. The molecule has 0 unspecified atom stereocenters. The fraction of sp³-hybridized carbons (Fsp3) is 0.250. The maximum absolute atomic E-state index is 16.0. The Morgan fingerprint density at radius 3 is 2.32 bits per heavy atom. The lowest BCUT2D eigenvalue weighted by molar-refractivity contribution is -0.141. The normalized spacial score (nSPS) is 14.3. The molecule has 1 N–H and O–H groups in total. The average molecular weight is 606 g/mol. The molecule has 12 heteroatoms. The standard InChI is InChI=1S/C32H27F4N5O3/c1-39-28-22-9-5-6-10-23(22)41(18-24(42)19-7-3-2-4-8-19)31(44)26(28)27(33)29(39)30(43)38-20-13-15-40(16-14-20)21-11-12-25(37-17-21)32(34,35)36/h2-12,17,20H,13-16,18H2,1H3,(H,38,43). The molecule has 8 nitrogen and oxygen atoms in total. The largest absolute Gasteiger partial charge is 0.433 e. The number of hydrogen-bond donors (Lipinski definition) is 1. The molecule has 2 aromatic carbocycles. The molecule has 3 aromatic heterocycles. The maximum Gasteiger partial charge on any atom is 0.433 e. The molecule has 0 bridgehead atoms. The van der Waals surface area contributed by atoms with Crippen LogP contribution < -0.4 is 15.8 Å². The minimum atomic E-state index is -4.52. The number of piperidine rings is 1. The number of rotatable bonds is 6. The predicted octanol–water partition coefficient (Wildman–Crippen LogP) is 5.33. The summed E-state index contributed by atoms with van der Waals surface area (Å²) in [7, 11) is 1.52. The van der Waals surface area contributed by atoms with Crippen LogP contribution in [-0.4, -0.2) is 44.9 Å². The van der Waals surface area contributed by atoms with Crippen molar-refractivity contribution in [2.75, 3.05) is 18.0 Å². The zero-order valence-corrected chi connectivity index (χ0v) is 23.6. The summed E-state index contributed by atoms with van der Waals surface area (Å²) in [5, 5.41) is 3.10. The lowest BCUT2D eigenvalue weighted by atomic mass is 10.0. The first-order valence-electron chi connectivity index (χ1n) is 14.0. The van der Waals surface area contributed by atoms with E-state index in [9.17, 15) is 27.6 Å². The van der Waals surface area contributed by atoms with Crippen LogP contribution in [0.3, 0.4) is 0 Å². The van der Waals surface area contributed by atoms with Gasteiger partial charge in [-0.3, -0.25) is 19.0 Å². The van der Waals surface area contributed by atoms with Crippen molar-refractivity contribution in [1.29, 1.82) is 0 Å². The van der Waals surface area contributed by atoms with Crippen molar-refractivity contribution in [3.63, 3.8) is 0 Å². The second-order valence-corrected chi connectivity index (χ2v) is 10.8. The third-order valence-electron chi connectivity index (χ3n) is 8.09. The quantitative estimate of drug-likeness (QED) is 0.209. The molecule has 6 rings (SSSR count). The first-order chi connectivity index (χ1) is 21.0. The minimum absolute atomic E-state index is 0.251. The molecule has 5 aromatic rings. The number of ketones is 1. The van der Waals surface area contributed by atoms with Gasteiger partial charge in [0.05, 0.1) is 29.5 Å². The summed E-state index contributed by atoms with van der Waals surface area (Å²) in [6.45, 7) is 0.586. The highest BCUT2D eigenvalue weighted by molar-refractivity contribution is 6.09. The van der Waals surface area contributed by atoms with Gasteiger partial charge in [0.1, 0.15) is 16.8 Å². The van der Waals surface area contributed by atoms with Crippen LogP contribution in [0, 0.1) is 5.82 Å². The SMILES string of the molecule is Cn1c(C(=O)NC2CCN(c3ccc(C(F)(F)F)nc3)CC2)c(F)c2c(=O)n(CC(=O)c3ccccc3)c3ccccc3c21. The number of benzene rings is 2. The van der Waals surface area contributed by atoms with Gasteiger partial charge in [-0.2, -0.15) is 13.2 Å². The number of anilines is 1. The van der Waals surface area contributed by atoms with E-state index >= 15 is 4.39 Å². The fourth-order valence-corrected chi connectivity index (χ4v) is 5.86. The molecule has 1 saturated heterocycles. The summed E-state index contributed by atoms with van der Waals surface area (Å²) in [6, 6.07) is 17.3. The van der Waals surface area contributed by atoms with Gasteiger partial charge in [0.15, 0.2) is 11.6 Å². The molecular weight excluding hydrogens is 578 g/mol. The van der Waals surface area contributed by atoms with E-state index in [2.05, 4.69) is 10.3 Å². The number of aromatic nitrogens is 3. The lowest BCUT2D eigenvalue weighted by Gasteiger charge is -2.33. The van der Waals surface area contributed by atoms with Gasteiger partial charge in [-0.1, -0.05) is 48.5 Å². The number of fused-ring (bicyclic) bond motifs is 3. The summed E-state index contributed by atoms with van der Waals surface area (Å²) < 4.78 is 57.2. The fourth-order valence-electron chi connectivity index (χ4n) is 5.86. The number of alkyl halides is 3. The van der Waals surface area contributed by atoms with Crippen LogP contribution in [0.4, 0.5) is 23.2 Å². The Bertz CT molecular complexity index is 1940. The Balaban J connectivity index is 1.26. The Labute approximate surface area is 248 Å². The molecule has 0 saturated carbocycles. The number of nitrogens with zero attached hydrogens (tertiary/aromatic N) is 4. The second-order valence-electron chi connectivity index (χ2n) is 10.8. The van der Waals surface area contributed by atoms with Crippen molar-refractivity contribution in [3.8, 4) is 0 Å². The minimum Gasteiger partial charge on any atom is -0.370 e. The van der Waals surface area contributed by atoms with E-state index < -0.39 is 29.2 Å². The smallest absolute Gasteiger partial charge is 0.370 e. The van der Waals surface area contributed by atoms with E-state index in [1.54, 1.807) is 54.6 Å². The molecule has 0 aliphatic carbocycles. The average Bonchev–Trinajstić information content (AvgIpc) is 3.29. The van der Waals surface area contributed by atoms with Gasteiger partial charge in [-0.15, -0.1) is 0 Å². The zero-order valence-electron chi connectivity index (χ0n) is 23.6. The number of para-hydroxylation sites is 1. The molecular formula is C32H27F4N5O3. The number of Topliss-reactive ketones (excluding diaryl/α,β-unsaturated/α-hetero) is 1. The Morgan fingerprint density at radius 1 is 0.977 bits per heavy atom. The number of amides is 1. The molecule has 44 heavy (non-hydrogen) atoms.